The molecule has 0 aliphatic heterocycles. The topological polar surface area (TPSA) is 145 Å². The molecule has 0 spiro atoms. The van der Waals surface area contributed by atoms with Gasteiger partial charge in [0.1, 0.15) is 5.56 Å². The lowest BCUT2D eigenvalue weighted by Crippen LogP contribution is -2.24. The lowest BCUT2D eigenvalue weighted by Gasteiger charge is -2.13. The summed E-state index contributed by atoms with van der Waals surface area (Å²) in [5, 5.41) is 3.82. The Morgan fingerprint density at radius 2 is 2.00 bits per heavy atom. The minimum absolute atomic E-state index is 0.123. The van der Waals surface area contributed by atoms with E-state index in [1.165, 1.54) is 26.5 Å². The number of nitrogens with one attached hydrogen (secondary N) is 2. The lowest BCUT2D eigenvalue weighted by atomic mass is 10.0. The molecule has 2 heterocycles. The van der Waals surface area contributed by atoms with E-state index >= 15 is 0 Å². The van der Waals surface area contributed by atoms with Gasteiger partial charge >= 0.3 is 11.7 Å². The Balaban J connectivity index is 1.76. The van der Waals surface area contributed by atoms with Gasteiger partial charge in [0.15, 0.2) is 18.1 Å². The van der Waals surface area contributed by atoms with Gasteiger partial charge in [-0.1, -0.05) is 6.07 Å². The van der Waals surface area contributed by atoms with Crippen LogP contribution in [0.15, 0.2) is 52.5 Å². The molecular weight excluding hydrogens is 430 g/mol. The summed E-state index contributed by atoms with van der Waals surface area (Å²) in [6.45, 7) is 1.24. The maximum atomic E-state index is 12.2. The van der Waals surface area contributed by atoms with Crippen LogP contribution in [0.5, 0.6) is 11.5 Å². The maximum absolute atomic E-state index is 12.2. The molecule has 1 amide bonds. The average Bonchev–Trinajstić information content (AvgIpc) is 2.82. The van der Waals surface area contributed by atoms with E-state index in [-0.39, 0.29) is 29.4 Å². The molecule has 0 fully saturated rings. The number of rotatable bonds is 8. The Kier molecular flexibility index (Phi) is 7.47. The first-order valence-corrected chi connectivity index (χ1v) is 9.66. The SMILES string of the molecule is COC(=O)c1c(-c2ccc(OCC(=O)NN=Cc3ccccn3)c(OC)c2)nc(=O)[nH]c1C. The summed E-state index contributed by atoms with van der Waals surface area (Å²) in [6.07, 6.45) is 3.02. The molecule has 0 radical (unpaired) electrons. The number of aromatic amines is 1. The first kappa shape index (κ1) is 23.1. The van der Waals surface area contributed by atoms with Crippen LogP contribution in [-0.4, -0.2) is 53.9 Å². The zero-order chi connectivity index (χ0) is 23.8. The van der Waals surface area contributed by atoms with Gasteiger partial charge < -0.3 is 19.2 Å². The molecule has 11 nitrogen and oxygen atoms in total. The first-order valence-electron chi connectivity index (χ1n) is 9.66. The Labute approximate surface area is 188 Å². The highest BCUT2D eigenvalue weighted by Crippen LogP contribution is 2.33. The zero-order valence-corrected chi connectivity index (χ0v) is 18.1. The number of aryl methyl sites for hydroxylation is 1. The summed E-state index contributed by atoms with van der Waals surface area (Å²) in [4.78, 5) is 46.6. The van der Waals surface area contributed by atoms with Gasteiger partial charge in [0.2, 0.25) is 0 Å². The summed E-state index contributed by atoms with van der Waals surface area (Å²) in [5.41, 5.74) is 3.32. The number of hydrazone groups is 1. The highest BCUT2D eigenvalue weighted by molar-refractivity contribution is 5.97. The van der Waals surface area contributed by atoms with Crippen molar-refractivity contribution in [2.45, 2.75) is 6.92 Å². The van der Waals surface area contributed by atoms with Crippen LogP contribution in [0.4, 0.5) is 0 Å². The summed E-state index contributed by atoms with van der Waals surface area (Å²) in [5.74, 6) is -0.597. The van der Waals surface area contributed by atoms with E-state index in [1.54, 1.807) is 43.5 Å². The molecule has 0 unspecified atom stereocenters. The number of esters is 1. The number of carbonyl (C=O) groups is 2. The van der Waals surface area contributed by atoms with Gasteiger partial charge in [-0.15, -0.1) is 0 Å². The quantitative estimate of drug-likeness (QED) is 0.297. The van der Waals surface area contributed by atoms with Crippen LogP contribution in [0.3, 0.4) is 0 Å². The molecule has 0 atom stereocenters. The Bertz CT molecular complexity index is 1240. The van der Waals surface area contributed by atoms with Gasteiger partial charge in [-0.25, -0.2) is 15.0 Å². The first-order chi connectivity index (χ1) is 15.9. The standard InChI is InChI=1S/C22H21N5O6/c1-13-19(21(29)32-3)20(26-22(30)25-13)14-7-8-16(17(10-14)31-2)33-12-18(28)27-24-11-15-6-4-5-9-23-15/h4-11H,12H2,1-3H3,(H,27,28)(H,25,26,30). The smallest absolute Gasteiger partial charge is 0.345 e. The van der Waals surface area contributed by atoms with Crippen LogP contribution < -0.4 is 20.6 Å². The molecule has 3 aromatic rings. The monoisotopic (exact) mass is 451 g/mol. The summed E-state index contributed by atoms with van der Waals surface area (Å²) < 4.78 is 15.7. The Morgan fingerprint density at radius 3 is 2.70 bits per heavy atom. The number of pyridine rings is 1. The molecule has 2 aromatic heterocycles. The third-order valence-electron chi connectivity index (χ3n) is 4.38. The molecule has 0 saturated heterocycles. The van der Waals surface area contributed by atoms with Gasteiger partial charge in [-0.3, -0.25) is 9.78 Å². The molecule has 2 N–H and O–H groups in total. The molecule has 170 valence electrons. The third-order valence-corrected chi connectivity index (χ3v) is 4.38. The van der Waals surface area contributed by atoms with Crippen molar-refractivity contribution in [3.05, 3.63) is 70.0 Å². The minimum atomic E-state index is -0.645. The van der Waals surface area contributed by atoms with E-state index in [0.29, 0.717) is 17.0 Å². The summed E-state index contributed by atoms with van der Waals surface area (Å²) in [6, 6.07) is 9.97. The van der Waals surface area contributed by atoms with E-state index < -0.39 is 17.6 Å². The number of nitrogens with zero attached hydrogens (tertiary/aromatic N) is 3. The maximum Gasteiger partial charge on any atom is 0.345 e. The van der Waals surface area contributed by atoms with Gasteiger partial charge in [0.25, 0.3) is 5.91 Å². The molecule has 1 aromatic carbocycles. The van der Waals surface area contributed by atoms with E-state index in [4.69, 9.17) is 14.2 Å². The molecule has 0 aliphatic rings. The van der Waals surface area contributed by atoms with Crippen molar-refractivity contribution in [1.29, 1.82) is 0 Å². The van der Waals surface area contributed by atoms with Crippen molar-refractivity contribution < 1.29 is 23.8 Å². The molecule has 0 saturated carbocycles. The molecule has 0 aliphatic carbocycles. The Morgan fingerprint density at radius 1 is 1.18 bits per heavy atom. The van der Waals surface area contributed by atoms with Crippen LogP contribution in [0.25, 0.3) is 11.3 Å². The number of H-pyrrole nitrogens is 1. The van der Waals surface area contributed by atoms with Crippen molar-refractivity contribution in [2.24, 2.45) is 5.10 Å². The summed E-state index contributed by atoms with van der Waals surface area (Å²) >= 11 is 0. The molecule has 0 bridgehead atoms. The number of carbonyl (C=O) groups excluding carboxylic acids is 2. The Hall–Kier alpha value is -4.54. The number of hydrogen-bond donors (Lipinski definition) is 2. The van der Waals surface area contributed by atoms with Crippen molar-refractivity contribution in [2.75, 3.05) is 20.8 Å². The number of ether oxygens (including phenoxy) is 3. The third kappa shape index (κ3) is 5.79. The second kappa shape index (κ2) is 10.7. The van der Waals surface area contributed by atoms with Gasteiger partial charge in [-0.2, -0.15) is 10.1 Å². The van der Waals surface area contributed by atoms with Crippen LogP contribution in [0.2, 0.25) is 0 Å². The van der Waals surface area contributed by atoms with E-state index in [0.717, 1.165) is 0 Å². The zero-order valence-electron chi connectivity index (χ0n) is 18.1. The molecule has 33 heavy (non-hydrogen) atoms. The van der Waals surface area contributed by atoms with E-state index in [9.17, 15) is 14.4 Å². The predicted octanol–water partition coefficient (Wildman–Crippen LogP) is 1.46. The second-order valence-corrected chi connectivity index (χ2v) is 6.58. The van der Waals surface area contributed by atoms with Crippen LogP contribution in [-0.2, 0) is 9.53 Å². The van der Waals surface area contributed by atoms with Crippen LogP contribution >= 0.6 is 0 Å². The number of amides is 1. The predicted molar refractivity (Wildman–Crippen MR) is 118 cm³/mol. The highest BCUT2D eigenvalue weighted by atomic mass is 16.5. The molecule has 11 heteroatoms. The van der Waals surface area contributed by atoms with Gasteiger partial charge in [0.05, 0.1) is 31.8 Å². The number of methoxy groups -OCH3 is 2. The van der Waals surface area contributed by atoms with Crippen molar-refractivity contribution in [3.8, 4) is 22.8 Å². The fraction of sp³-hybridized carbons (Fsp3) is 0.182. The number of hydrogen-bond acceptors (Lipinski definition) is 9. The number of benzene rings is 1. The highest BCUT2D eigenvalue weighted by Gasteiger charge is 2.20. The minimum Gasteiger partial charge on any atom is -0.493 e. The van der Waals surface area contributed by atoms with Gasteiger partial charge in [0, 0.05) is 17.5 Å². The largest absolute Gasteiger partial charge is 0.493 e. The molecular formula is C22H21N5O6. The molecule has 3 rings (SSSR count). The lowest BCUT2D eigenvalue weighted by molar-refractivity contribution is -0.123. The fourth-order valence-electron chi connectivity index (χ4n) is 2.88. The second-order valence-electron chi connectivity index (χ2n) is 6.58. The van der Waals surface area contributed by atoms with Crippen LogP contribution in [0, 0.1) is 6.92 Å². The van der Waals surface area contributed by atoms with Crippen LogP contribution in [0.1, 0.15) is 21.7 Å². The summed E-state index contributed by atoms with van der Waals surface area (Å²) in [7, 11) is 2.65. The van der Waals surface area contributed by atoms with Crippen molar-refractivity contribution in [1.82, 2.24) is 20.4 Å². The van der Waals surface area contributed by atoms with Crippen molar-refractivity contribution in [3.63, 3.8) is 0 Å². The van der Waals surface area contributed by atoms with E-state index in [2.05, 4.69) is 25.5 Å². The van der Waals surface area contributed by atoms with Crippen molar-refractivity contribution >= 4 is 18.1 Å². The van der Waals surface area contributed by atoms with E-state index in [1.807, 2.05) is 0 Å². The normalized spacial score (nSPS) is 10.6. The average molecular weight is 451 g/mol. The number of aromatic nitrogens is 3. The fourth-order valence-corrected chi connectivity index (χ4v) is 2.88. The van der Waals surface area contributed by atoms with Gasteiger partial charge in [-0.05, 0) is 37.3 Å².